The lowest BCUT2D eigenvalue weighted by molar-refractivity contribution is -0.154. The summed E-state index contributed by atoms with van der Waals surface area (Å²) in [4.78, 5) is 25.7. The zero-order valence-electron chi connectivity index (χ0n) is 17.9. The van der Waals surface area contributed by atoms with Gasteiger partial charge >= 0.3 is 5.97 Å². The van der Waals surface area contributed by atoms with Crippen molar-refractivity contribution in [2.75, 3.05) is 21.2 Å². The molecule has 0 aromatic heterocycles. The lowest BCUT2D eigenvalue weighted by Gasteiger charge is -2.30. The number of carbonyl (C=O) groups is 2. The minimum atomic E-state index is -0.605. The van der Waals surface area contributed by atoms with Crippen molar-refractivity contribution in [2.45, 2.75) is 31.8 Å². The summed E-state index contributed by atoms with van der Waals surface area (Å²) in [6.45, 7) is 0.304. The largest absolute Gasteiger partial charge is 0.465 e. The van der Waals surface area contributed by atoms with Crippen LogP contribution in [0.4, 0.5) is 0 Å². The van der Waals surface area contributed by atoms with Crippen LogP contribution in [0.1, 0.15) is 39.4 Å². The molecule has 0 unspecified atom stereocenters. The average Bonchev–Trinajstić information content (AvgIpc) is 2.81. The van der Waals surface area contributed by atoms with Crippen LogP contribution in [0, 0.1) is 0 Å². The third-order valence-corrected chi connectivity index (χ3v) is 5.08. The second kappa shape index (κ2) is 10.2. The van der Waals surface area contributed by atoms with Gasteiger partial charge in [-0.25, -0.2) is 4.79 Å². The van der Waals surface area contributed by atoms with Gasteiger partial charge in [-0.15, -0.1) is 0 Å². The van der Waals surface area contributed by atoms with Crippen molar-refractivity contribution >= 4 is 11.9 Å². The summed E-state index contributed by atoms with van der Waals surface area (Å²) in [5.74, 6) is -0.511. The Hall–Kier alpha value is -3.16. The van der Waals surface area contributed by atoms with Gasteiger partial charge in [0.15, 0.2) is 5.76 Å². The Balaban J connectivity index is 1.76. The van der Waals surface area contributed by atoms with Gasteiger partial charge < -0.3 is 24.2 Å². The highest BCUT2D eigenvalue weighted by molar-refractivity contribution is 5.91. The van der Waals surface area contributed by atoms with Crippen LogP contribution in [0.3, 0.4) is 0 Å². The van der Waals surface area contributed by atoms with E-state index >= 15 is 0 Å². The third-order valence-electron chi connectivity index (χ3n) is 5.08. The number of hydrogen-bond donors (Lipinski definition) is 1. The Morgan fingerprint density at radius 2 is 1.71 bits per heavy atom. The van der Waals surface area contributed by atoms with E-state index in [2.05, 4.69) is 0 Å². The summed E-state index contributed by atoms with van der Waals surface area (Å²) in [6.07, 6.45) is 1.72. The van der Waals surface area contributed by atoms with Gasteiger partial charge in [-0.2, -0.15) is 0 Å². The van der Waals surface area contributed by atoms with Gasteiger partial charge in [-0.3, -0.25) is 4.79 Å². The van der Waals surface area contributed by atoms with Crippen molar-refractivity contribution in [3.05, 3.63) is 82.6 Å². The molecule has 0 fully saturated rings. The second-order valence-electron chi connectivity index (χ2n) is 7.52. The number of nitrogens with zero attached hydrogens (tertiary/aromatic N) is 1. The lowest BCUT2D eigenvalue weighted by Crippen LogP contribution is -2.32. The maximum absolute atomic E-state index is 12.5. The first-order valence-electron chi connectivity index (χ1n) is 10.00. The van der Waals surface area contributed by atoms with Crippen molar-refractivity contribution < 1.29 is 28.9 Å². The first-order chi connectivity index (χ1) is 14.9. The van der Waals surface area contributed by atoms with Crippen molar-refractivity contribution in [3.63, 3.8) is 0 Å². The van der Waals surface area contributed by atoms with Crippen molar-refractivity contribution in [2.24, 2.45) is 0 Å². The number of benzene rings is 2. The molecule has 1 aliphatic rings. The molecular formula is C24H27NO6. The number of rotatable bonds is 7. The normalized spacial score (nSPS) is 18.0. The van der Waals surface area contributed by atoms with E-state index in [1.807, 2.05) is 36.4 Å². The number of hydrogen-bond acceptors (Lipinski definition) is 6. The summed E-state index contributed by atoms with van der Waals surface area (Å²) >= 11 is 0. The van der Waals surface area contributed by atoms with E-state index in [9.17, 15) is 9.59 Å². The molecule has 1 amide bonds. The molecule has 0 saturated carbocycles. The van der Waals surface area contributed by atoms with Gasteiger partial charge in [0.1, 0.15) is 0 Å². The molecule has 0 radical (unpaired) electrons. The van der Waals surface area contributed by atoms with E-state index in [0.29, 0.717) is 18.6 Å². The molecule has 2 atom stereocenters. The van der Waals surface area contributed by atoms with Crippen molar-refractivity contribution in [1.29, 1.82) is 0 Å². The minimum Gasteiger partial charge on any atom is -0.465 e. The molecule has 2 aromatic rings. The molecular weight excluding hydrogens is 398 g/mol. The second-order valence-corrected chi connectivity index (χ2v) is 7.52. The Morgan fingerprint density at radius 3 is 2.29 bits per heavy atom. The number of esters is 1. The fourth-order valence-electron chi connectivity index (χ4n) is 3.28. The number of methoxy groups -OCH3 is 1. The number of aliphatic hydroxyl groups excluding tert-OH is 1. The minimum absolute atomic E-state index is 0.00980. The molecule has 3 rings (SSSR count). The molecule has 7 heteroatoms. The highest BCUT2D eigenvalue weighted by atomic mass is 16.7. The zero-order chi connectivity index (χ0) is 22.4. The fourth-order valence-corrected chi connectivity index (χ4v) is 3.28. The van der Waals surface area contributed by atoms with Gasteiger partial charge in [0, 0.05) is 26.4 Å². The highest BCUT2D eigenvalue weighted by Gasteiger charge is 2.29. The molecule has 1 aliphatic heterocycles. The lowest BCUT2D eigenvalue weighted by atomic mass is 9.92. The van der Waals surface area contributed by atoms with Crippen molar-refractivity contribution in [1.82, 2.24) is 4.90 Å². The van der Waals surface area contributed by atoms with E-state index in [1.165, 1.54) is 12.0 Å². The van der Waals surface area contributed by atoms with Gasteiger partial charge in [-0.05, 0) is 34.9 Å². The molecule has 0 bridgehead atoms. The standard InChI is InChI=1S/C24H27NO6/c1-25(2)23(27)21-12-20(18-8-10-19(11-9-18)24(28)29-3)13-22(31-21)30-15-17-6-4-16(14-26)5-7-17/h4-12,20,22,26H,13-15H2,1-3H3/t20-,22+/m1/s1. The van der Waals surface area contributed by atoms with Crippen LogP contribution in [-0.2, 0) is 32.2 Å². The summed E-state index contributed by atoms with van der Waals surface area (Å²) in [5, 5.41) is 9.17. The molecule has 7 nitrogen and oxygen atoms in total. The Bertz CT molecular complexity index is 934. The van der Waals surface area contributed by atoms with Crippen LogP contribution in [0.25, 0.3) is 0 Å². The van der Waals surface area contributed by atoms with Crippen LogP contribution < -0.4 is 0 Å². The van der Waals surface area contributed by atoms with Crippen LogP contribution in [0.2, 0.25) is 0 Å². The summed E-state index contributed by atoms with van der Waals surface area (Å²) in [6, 6.07) is 14.6. The molecule has 1 heterocycles. The quantitative estimate of drug-likeness (QED) is 0.687. The van der Waals surface area contributed by atoms with Gasteiger partial charge in [-0.1, -0.05) is 36.4 Å². The van der Waals surface area contributed by atoms with E-state index in [4.69, 9.17) is 19.3 Å². The molecule has 0 aliphatic carbocycles. The van der Waals surface area contributed by atoms with Crippen LogP contribution >= 0.6 is 0 Å². The SMILES string of the molecule is COC(=O)c1ccc([C@@H]2C=C(C(=O)N(C)C)O[C@H](OCc3ccc(CO)cc3)C2)cc1. The smallest absolute Gasteiger partial charge is 0.337 e. The summed E-state index contributed by atoms with van der Waals surface area (Å²) < 4.78 is 16.6. The van der Waals surface area contributed by atoms with Crippen LogP contribution in [0.15, 0.2) is 60.4 Å². The van der Waals surface area contributed by atoms with Crippen molar-refractivity contribution in [3.8, 4) is 0 Å². The summed E-state index contributed by atoms with van der Waals surface area (Å²) in [7, 11) is 4.68. The number of likely N-dealkylation sites (N-methyl/N-ethyl adjacent to an activating group) is 1. The predicted octanol–water partition coefficient (Wildman–Crippen LogP) is 2.98. The van der Waals surface area contributed by atoms with Gasteiger partial charge in [0.05, 0.1) is 25.9 Å². The van der Waals surface area contributed by atoms with E-state index < -0.39 is 12.3 Å². The average molecular weight is 425 g/mol. The van der Waals surface area contributed by atoms with Gasteiger partial charge in [0.2, 0.25) is 6.29 Å². The van der Waals surface area contributed by atoms with Crippen LogP contribution in [0.5, 0.6) is 0 Å². The topological polar surface area (TPSA) is 85.3 Å². The molecule has 164 valence electrons. The first kappa shape index (κ1) is 22.5. The highest BCUT2D eigenvalue weighted by Crippen LogP contribution is 2.32. The Kier molecular flexibility index (Phi) is 7.44. The number of aliphatic hydroxyl groups is 1. The number of allylic oxidation sites excluding steroid dienone is 1. The number of amides is 1. The maximum Gasteiger partial charge on any atom is 0.337 e. The van der Waals surface area contributed by atoms with E-state index in [-0.39, 0.29) is 24.2 Å². The van der Waals surface area contributed by atoms with Crippen LogP contribution in [-0.4, -0.2) is 49.4 Å². The number of ether oxygens (including phenoxy) is 3. The number of carbonyl (C=O) groups excluding carboxylic acids is 2. The zero-order valence-corrected chi connectivity index (χ0v) is 17.9. The Labute approximate surface area is 181 Å². The summed E-state index contributed by atoms with van der Waals surface area (Å²) in [5.41, 5.74) is 3.18. The van der Waals surface area contributed by atoms with Gasteiger partial charge in [0.25, 0.3) is 5.91 Å². The van der Waals surface area contributed by atoms with E-state index in [1.54, 1.807) is 32.3 Å². The molecule has 1 N–H and O–H groups in total. The third kappa shape index (κ3) is 5.71. The monoisotopic (exact) mass is 425 g/mol. The fraction of sp³-hybridized carbons (Fsp3) is 0.333. The molecule has 0 saturated heterocycles. The molecule has 31 heavy (non-hydrogen) atoms. The first-order valence-corrected chi connectivity index (χ1v) is 10.00. The molecule has 2 aromatic carbocycles. The predicted molar refractivity (Wildman–Crippen MR) is 114 cm³/mol. The molecule has 0 spiro atoms. The van der Waals surface area contributed by atoms with E-state index in [0.717, 1.165) is 16.7 Å². The maximum atomic E-state index is 12.5. The Morgan fingerprint density at radius 1 is 1.06 bits per heavy atom.